The summed E-state index contributed by atoms with van der Waals surface area (Å²) in [6.45, 7) is 0. The number of methoxy groups -OCH3 is 1. The molecule has 2 nitrogen and oxygen atoms in total. The van der Waals surface area contributed by atoms with Gasteiger partial charge in [0.1, 0.15) is 5.75 Å². The van der Waals surface area contributed by atoms with E-state index in [1.807, 2.05) is 36.4 Å². The number of ether oxygens (including phenoxy) is 1. The van der Waals surface area contributed by atoms with E-state index in [1.54, 1.807) is 7.11 Å². The van der Waals surface area contributed by atoms with Gasteiger partial charge >= 0.3 is 0 Å². The van der Waals surface area contributed by atoms with Gasteiger partial charge in [-0.1, -0.05) is 42.5 Å². The molecule has 0 aliphatic heterocycles. The maximum Gasteiger partial charge on any atom is 0.160 e. The van der Waals surface area contributed by atoms with Crippen molar-refractivity contribution in [2.45, 2.75) is 12.6 Å². The molecule has 18 heavy (non-hydrogen) atoms. The molecule has 0 spiro atoms. The second-order valence-corrected chi connectivity index (χ2v) is 4.62. The molecule has 0 heterocycles. The molecule has 0 unspecified atom stereocenters. The molecular weight excluding hydrogens is 243 g/mol. The molecule has 0 aliphatic carbocycles. The van der Waals surface area contributed by atoms with Gasteiger partial charge in [0.25, 0.3) is 0 Å². The molecule has 0 aliphatic rings. The summed E-state index contributed by atoms with van der Waals surface area (Å²) < 4.78 is 16.1. The van der Waals surface area contributed by atoms with Crippen molar-refractivity contribution in [3.05, 3.63) is 65.2 Å². The first-order valence-electron chi connectivity index (χ1n) is 5.83. The summed E-state index contributed by atoms with van der Waals surface area (Å²) >= 11 is 0. The zero-order valence-corrected chi connectivity index (χ0v) is 11.2. The lowest BCUT2D eigenvalue weighted by atomic mass is 10.00. The molecule has 0 N–H and O–H groups in total. The van der Waals surface area contributed by atoms with Gasteiger partial charge in [0.15, 0.2) is 8.46 Å². The van der Waals surface area contributed by atoms with E-state index < -0.39 is 0 Å². The predicted octanol–water partition coefficient (Wildman–Crippen LogP) is 4.08. The van der Waals surface area contributed by atoms with Crippen molar-refractivity contribution in [1.29, 1.82) is 0 Å². The van der Waals surface area contributed by atoms with Crippen LogP contribution in [0.5, 0.6) is 5.75 Å². The fraction of sp³-hybridized carbons (Fsp3) is 0.200. The van der Waals surface area contributed by atoms with Crippen LogP contribution in [0.2, 0.25) is 0 Å². The van der Waals surface area contributed by atoms with E-state index in [1.165, 1.54) is 5.56 Å². The van der Waals surface area contributed by atoms with Crippen molar-refractivity contribution < 1.29 is 9.30 Å². The maximum atomic E-state index is 10.8. The van der Waals surface area contributed by atoms with E-state index in [4.69, 9.17) is 4.74 Å². The fourth-order valence-corrected chi connectivity index (χ4v) is 2.46. The van der Waals surface area contributed by atoms with Crippen LogP contribution in [0.3, 0.4) is 0 Å². The average Bonchev–Trinajstić information content (AvgIpc) is 2.42. The van der Waals surface area contributed by atoms with Crippen LogP contribution in [0, 0.1) is 0 Å². The second-order valence-electron chi connectivity index (χ2n) is 4.04. The molecular formula is C15H15O2P. The van der Waals surface area contributed by atoms with Gasteiger partial charge in [0.2, 0.25) is 0 Å². The highest BCUT2D eigenvalue weighted by Gasteiger charge is 2.06. The summed E-state index contributed by atoms with van der Waals surface area (Å²) in [4.78, 5) is 0. The van der Waals surface area contributed by atoms with E-state index in [0.717, 1.165) is 23.3 Å². The summed E-state index contributed by atoms with van der Waals surface area (Å²) in [7, 11) is 1.84. The lowest BCUT2D eigenvalue weighted by Gasteiger charge is -2.10. The number of hydrogen-bond donors (Lipinski definition) is 0. The third-order valence-electron chi connectivity index (χ3n) is 2.93. The minimum absolute atomic E-state index is 0.158. The number of rotatable bonds is 5. The Kier molecular flexibility index (Phi) is 4.49. The molecule has 2 aromatic rings. The molecule has 2 rings (SSSR count). The van der Waals surface area contributed by atoms with Gasteiger partial charge in [-0.05, 0) is 22.8 Å². The van der Waals surface area contributed by atoms with Crippen molar-refractivity contribution in [3.63, 3.8) is 0 Å². The Morgan fingerprint density at radius 2 is 1.56 bits per heavy atom. The van der Waals surface area contributed by atoms with Crippen LogP contribution in [0.4, 0.5) is 0 Å². The van der Waals surface area contributed by atoms with Gasteiger partial charge in [-0.25, -0.2) is 0 Å². The first-order chi connectivity index (χ1) is 8.85. The zero-order chi connectivity index (χ0) is 12.8. The fourth-order valence-electron chi connectivity index (χ4n) is 2.01. The van der Waals surface area contributed by atoms with Gasteiger partial charge in [-0.2, -0.15) is 0 Å². The van der Waals surface area contributed by atoms with Crippen molar-refractivity contribution in [2.24, 2.45) is 0 Å². The topological polar surface area (TPSA) is 26.3 Å². The Balaban J connectivity index is 2.30. The molecule has 0 aromatic heterocycles. The quantitative estimate of drug-likeness (QED) is 0.755. The van der Waals surface area contributed by atoms with Crippen LogP contribution in [0.15, 0.2) is 48.5 Å². The first-order valence-corrected chi connectivity index (χ1v) is 6.82. The smallest absolute Gasteiger partial charge is 0.160 e. The number of para-hydroxylation sites is 1. The van der Waals surface area contributed by atoms with Gasteiger partial charge in [-0.15, -0.1) is 0 Å². The average molecular weight is 258 g/mol. The van der Waals surface area contributed by atoms with Gasteiger partial charge in [-0.3, -0.25) is 4.57 Å². The Hall–Kier alpha value is -1.66. The lowest BCUT2D eigenvalue weighted by Crippen LogP contribution is -1.96. The third kappa shape index (κ3) is 2.96. The van der Waals surface area contributed by atoms with Crippen LogP contribution in [-0.4, -0.2) is 7.11 Å². The lowest BCUT2D eigenvalue weighted by molar-refractivity contribution is 0.410. The van der Waals surface area contributed by atoms with Crippen molar-refractivity contribution >= 4 is 8.46 Å². The van der Waals surface area contributed by atoms with Crippen molar-refractivity contribution in [3.8, 4) is 5.75 Å². The van der Waals surface area contributed by atoms with Crippen LogP contribution in [0.1, 0.15) is 16.7 Å². The summed E-state index contributed by atoms with van der Waals surface area (Å²) in [5, 5.41) is 0. The standard InChI is InChI=1S/C15H15O2P/c1-17-15-9-5-4-7-13(15)10-12-6-2-3-8-14(12)11-18-16/h2-9H,10-11H2,1H3. The normalized spacial score (nSPS) is 10.5. The largest absolute Gasteiger partial charge is 0.496 e. The Labute approximate surface area is 109 Å². The van der Waals surface area contributed by atoms with Gasteiger partial charge in [0, 0.05) is 6.42 Å². The van der Waals surface area contributed by atoms with Crippen molar-refractivity contribution in [2.75, 3.05) is 7.11 Å². The molecule has 92 valence electrons. The number of benzene rings is 2. The zero-order valence-electron chi connectivity index (χ0n) is 10.3. The first kappa shape index (κ1) is 12.8. The summed E-state index contributed by atoms with van der Waals surface area (Å²) in [5.74, 6) is 0.895. The monoisotopic (exact) mass is 258 g/mol. The molecule has 2 aromatic carbocycles. The molecule has 0 radical (unpaired) electrons. The third-order valence-corrected chi connectivity index (χ3v) is 3.40. The Morgan fingerprint density at radius 1 is 0.944 bits per heavy atom. The maximum absolute atomic E-state index is 10.8. The molecule has 3 heteroatoms. The van der Waals surface area contributed by atoms with E-state index >= 15 is 0 Å². The highest BCUT2D eigenvalue weighted by atomic mass is 31.1. The molecule has 0 saturated carbocycles. The minimum atomic E-state index is 0.158. The Morgan fingerprint density at radius 3 is 2.22 bits per heavy atom. The molecule has 0 fully saturated rings. The summed E-state index contributed by atoms with van der Waals surface area (Å²) in [6.07, 6.45) is 1.36. The van der Waals surface area contributed by atoms with Crippen molar-refractivity contribution in [1.82, 2.24) is 0 Å². The van der Waals surface area contributed by atoms with E-state index in [0.29, 0.717) is 6.16 Å². The van der Waals surface area contributed by atoms with Gasteiger partial charge in [0.05, 0.1) is 13.3 Å². The van der Waals surface area contributed by atoms with Gasteiger partial charge < -0.3 is 4.74 Å². The van der Waals surface area contributed by atoms with Crippen LogP contribution < -0.4 is 4.74 Å². The second kappa shape index (κ2) is 6.32. The predicted molar refractivity (Wildman–Crippen MR) is 73.6 cm³/mol. The highest BCUT2D eigenvalue weighted by molar-refractivity contribution is 7.22. The SMILES string of the molecule is COc1ccccc1Cc1ccccc1CP=O. The molecule has 0 bridgehead atoms. The van der Waals surface area contributed by atoms with E-state index in [9.17, 15) is 4.57 Å². The molecule has 0 atom stereocenters. The summed E-state index contributed by atoms with van der Waals surface area (Å²) in [6, 6.07) is 16.1. The number of hydrogen-bond acceptors (Lipinski definition) is 2. The molecule has 0 saturated heterocycles. The van der Waals surface area contributed by atoms with Crippen LogP contribution in [-0.2, 0) is 17.1 Å². The Bertz CT molecular complexity index is 538. The van der Waals surface area contributed by atoms with Crippen LogP contribution >= 0.6 is 8.46 Å². The van der Waals surface area contributed by atoms with E-state index in [2.05, 4.69) is 12.1 Å². The van der Waals surface area contributed by atoms with Crippen LogP contribution in [0.25, 0.3) is 0 Å². The minimum Gasteiger partial charge on any atom is -0.496 e. The van der Waals surface area contributed by atoms with E-state index in [-0.39, 0.29) is 8.46 Å². The summed E-state index contributed by atoms with van der Waals surface area (Å²) in [5.41, 5.74) is 3.47. The highest BCUT2D eigenvalue weighted by Crippen LogP contribution is 2.24. The molecule has 0 amide bonds.